The van der Waals surface area contributed by atoms with E-state index >= 15 is 0 Å². The van der Waals surface area contributed by atoms with Gasteiger partial charge in [-0.2, -0.15) is 0 Å². The lowest BCUT2D eigenvalue weighted by atomic mass is 10.1. The number of nitrogens with zero attached hydrogens (tertiary/aromatic N) is 1. The molecule has 4 N–H and O–H groups in total. The number of aliphatic hydroxyl groups is 1. The molecule has 0 aromatic carbocycles. The first kappa shape index (κ1) is 15.7. The quantitative estimate of drug-likeness (QED) is 0.528. The first-order valence-corrected chi connectivity index (χ1v) is 6.70. The second-order valence-electron chi connectivity index (χ2n) is 4.82. The van der Waals surface area contributed by atoms with Gasteiger partial charge in [-0.05, 0) is 25.8 Å². The van der Waals surface area contributed by atoms with Crippen LogP contribution in [0.4, 0.5) is 4.79 Å². The first-order valence-electron chi connectivity index (χ1n) is 6.70. The lowest BCUT2D eigenvalue weighted by Crippen LogP contribution is -2.49. The van der Waals surface area contributed by atoms with Gasteiger partial charge in [0, 0.05) is 19.1 Å². The fourth-order valence-corrected chi connectivity index (χ4v) is 2.13. The van der Waals surface area contributed by atoms with Gasteiger partial charge in [-0.25, -0.2) is 9.59 Å². The van der Waals surface area contributed by atoms with Crippen LogP contribution in [0.25, 0.3) is 0 Å². The maximum absolute atomic E-state index is 11.5. The van der Waals surface area contributed by atoms with Crippen molar-refractivity contribution in [3.63, 3.8) is 0 Å². The lowest BCUT2D eigenvalue weighted by Gasteiger charge is -2.32. The van der Waals surface area contributed by atoms with Crippen molar-refractivity contribution in [2.75, 3.05) is 26.2 Å². The van der Waals surface area contributed by atoms with Crippen LogP contribution in [0.2, 0.25) is 0 Å². The average molecular weight is 273 g/mol. The molecule has 2 amide bonds. The van der Waals surface area contributed by atoms with Crippen LogP contribution in [0, 0.1) is 0 Å². The molecule has 1 rings (SSSR count). The van der Waals surface area contributed by atoms with Crippen molar-refractivity contribution in [1.82, 2.24) is 15.5 Å². The Labute approximate surface area is 113 Å². The molecule has 7 nitrogen and oxygen atoms in total. The van der Waals surface area contributed by atoms with Crippen LogP contribution in [0.1, 0.15) is 26.2 Å². The summed E-state index contributed by atoms with van der Waals surface area (Å²) >= 11 is 0. The summed E-state index contributed by atoms with van der Waals surface area (Å²) in [5.74, 6) is -1.34. The summed E-state index contributed by atoms with van der Waals surface area (Å²) in [5, 5.41) is 22.6. The third-order valence-electron chi connectivity index (χ3n) is 3.20. The van der Waals surface area contributed by atoms with Crippen molar-refractivity contribution >= 4 is 12.0 Å². The number of hydrogen-bond acceptors (Lipinski definition) is 4. The predicted molar refractivity (Wildman–Crippen MR) is 69.9 cm³/mol. The van der Waals surface area contributed by atoms with Crippen molar-refractivity contribution in [3.8, 4) is 0 Å². The van der Waals surface area contributed by atoms with Crippen LogP contribution in [0.15, 0.2) is 0 Å². The molecule has 1 aliphatic heterocycles. The highest BCUT2D eigenvalue weighted by Gasteiger charge is 2.20. The number of amides is 2. The number of carbonyl (C=O) groups excluding carboxylic acids is 1. The van der Waals surface area contributed by atoms with Crippen molar-refractivity contribution < 1.29 is 19.8 Å². The van der Waals surface area contributed by atoms with Crippen LogP contribution in [-0.4, -0.2) is 65.4 Å². The summed E-state index contributed by atoms with van der Waals surface area (Å²) in [6, 6.07) is -0.302. The van der Waals surface area contributed by atoms with Gasteiger partial charge in [-0.15, -0.1) is 0 Å². The molecule has 1 atom stereocenters. The Morgan fingerprint density at radius 2 is 2.00 bits per heavy atom. The molecule has 1 fully saturated rings. The molecule has 0 aromatic heterocycles. The van der Waals surface area contributed by atoms with Gasteiger partial charge in [-0.3, -0.25) is 0 Å². The van der Waals surface area contributed by atoms with Crippen molar-refractivity contribution in [2.24, 2.45) is 0 Å². The Morgan fingerprint density at radius 3 is 2.53 bits per heavy atom. The van der Waals surface area contributed by atoms with E-state index in [2.05, 4.69) is 22.5 Å². The average Bonchev–Trinajstić information content (AvgIpc) is 2.38. The minimum atomic E-state index is -1.56. The molecule has 0 aliphatic carbocycles. The molecule has 0 bridgehead atoms. The molecule has 0 radical (unpaired) electrons. The normalized spacial score (nSPS) is 18.8. The second-order valence-corrected chi connectivity index (χ2v) is 4.82. The summed E-state index contributed by atoms with van der Waals surface area (Å²) < 4.78 is 0. The zero-order valence-electron chi connectivity index (χ0n) is 11.3. The number of carboxylic acid groups (broad SMARTS) is 1. The number of aliphatic hydroxyl groups excluding tert-OH is 1. The SMILES string of the molecule is CCCN1CCC(NC(=O)NC[C@H](O)C(=O)O)CC1. The number of carbonyl (C=O) groups is 2. The molecule has 19 heavy (non-hydrogen) atoms. The Morgan fingerprint density at radius 1 is 1.37 bits per heavy atom. The first-order chi connectivity index (χ1) is 9.02. The highest BCUT2D eigenvalue weighted by molar-refractivity contribution is 5.76. The van der Waals surface area contributed by atoms with Crippen LogP contribution < -0.4 is 10.6 Å². The van der Waals surface area contributed by atoms with Crippen molar-refractivity contribution in [1.29, 1.82) is 0 Å². The number of likely N-dealkylation sites (tertiary alicyclic amines) is 1. The summed E-state index contributed by atoms with van der Waals surface area (Å²) in [6.07, 6.45) is 1.37. The van der Waals surface area contributed by atoms with E-state index in [9.17, 15) is 9.59 Å². The fraction of sp³-hybridized carbons (Fsp3) is 0.833. The number of rotatable bonds is 6. The van der Waals surface area contributed by atoms with Gasteiger partial charge in [0.1, 0.15) is 0 Å². The monoisotopic (exact) mass is 273 g/mol. The third-order valence-corrected chi connectivity index (χ3v) is 3.20. The van der Waals surface area contributed by atoms with Crippen LogP contribution >= 0.6 is 0 Å². The van der Waals surface area contributed by atoms with Gasteiger partial charge in [0.2, 0.25) is 0 Å². The van der Waals surface area contributed by atoms with E-state index in [1.807, 2.05) is 0 Å². The molecule has 1 saturated heterocycles. The summed E-state index contributed by atoms with van der Waals surface area (Å²) in [4.78, 5) is 24.2. The second kappa shape index (κ2) is 7.96. The number of piperidine rings is 1. The Hall–Kier alpha value is -1.34. The van der Waals surface area contributed by atoms with Crippen molar-refractivity contribution in [2.45, 2.75) is 38.3 Å². The lowest BCUT2D eigenvalue weighted by molar-refractivity contribution is -0.146. The molecule has 0 spiro atoms. The van der Waals surface area contributed by atoms with Gasteiger partial charge in [0.15, 0.2) is 6.10 Å². The third kappa shape index (κ3) is 5.89. The van der Waals surface area contributed by atoms with E-state index in [0.29, 0.717) is 0 Å². The van der Waals surface area contributed by atoms with Crippen LogP contribution in [-0.2, 0) is 4.79 Å². The van der Waals surface area contributed by atoms with Crippen LogP contribution in [0.3, 0.4) is 0 Å². The largest absolute Gasteiger partial charge is 0.479 e. The molecule has 1 aliphatic rings. The molecule has 0 aromatic rings. The molecule has 7 heteroatoms. The summed E-state index contributed by atoms with van der Waals surface area (Å²) in [5.41, 5.74) is 0. The number of aliphatic carboxylic acids is 1. The van der Waals surface area contributed by atoms with Crippen molar-refractivity contribution in [3.05, 3.63) is 0 Å². The van der Waals surface area contributed by atoms with E-state index in [1.54, 1.807) is 0 Å². The predicted octanol–water partition coefficient (Wildman–Crippen LogP) is -0.394. The van der Waals surface area contributed by atoms with E-state index < -0.39 is 18.1 Å². The summed E-state index contributed by atoms with van der Waals surface area (Å²) in [7, 11) is 0. The zero-order chi connectivity index (χ0) is 14.3. The number of nitrogens with one attached hydrogen (secondary N) is 2. The zero-order valence-corrected chi connectivity index (χ0v) is 11.3. The minimum absolute atomic E-state index is 0.120. The standard InChI is InChI=1S/C12H23N3O4/c1-2-5-15-6-3-9(4-7-15)14-12(19)13-8-10(16)11(17)18/h9-10,16H,2-8H2,1H3,(H,17,18)(H2,13,14,19)/t10-/m0/s1. The van der Waals surface area contributed by atoms with Crippen LogP contribution in [0.5, 0.6) is 0 Å². The fourth-order valence-electron chi connectivity index (χ4n) is 2.13. The Bertz CT molecular complexity index is 303. The number of carboxylic acids is 1. The number of urea groups is 1. The Balaban J connectivity index is 2.18. The molecular weight excluding hydrogens is 250 g/mol. The molecule has 0 saturated carbocycles. The Kier molecular flexibility index (Phi) is 6.58. The van der Waals surface area contributed by atoms with E-state index in [1.165, 1.54) is 0 Å². The topological polar surface area (TPSA) is 102 Å². The molecule has 1 heterocycles. The maximum Gasteiger partial charge on any atom is 0.334 e. The number of hydrogen-bond donors (Lipinski definition) is 4. The highest BCUT2D eigenvalue weighted by atomic mass is 16.4. The van der Waals surface area contributed by atoms with E-state index in [-0.39, 0.29) is 12.6 Å². The minimum Gasteiger partial charge on any atom is -0.479 e. The maximum atomic E-state index is 11.5. The van der Waals surface area contributed by atoms with Gasteiger partial charge in [-0.1, -0.05) is 6.92 Å². The van der Waals surface area contributed by atoms with Gasteiger partial charge in [0.25, 0.3) is 0 Å². The molecule has 0 unspecified atom stereocenters. The van der Waals surface area contributed by atoms with Gasteiger partial charge in [0.05, 0.1) is 6.54 Å². The highest BCUT2D eigenvalue weighted by Crippen LogP contribution is 2.10. The van der Waals surface area contributed by atoms with Gasteiger partial charge >= 0.3 is 12.0 Å². The van der Waals surface area contributed by atoms with E-state index in [0.717, 1.165) is 38.9 Å². The van der Waals surface area contributed by atoms with Gasteiger partial charge < -0.3 is 25.7 Å². The smallest absolute Gasteiger partial charge is 0.334 e. The molecule has 110 valence electrons. The summed E-state index contributed by atoms with van der Waals surface area (Å²) in [6.45, 7) is 4.89. The molecular formula is C12H23N3O4. The van der Waals surface area contributed by atoms with E-state index in [4.69, 9.17) is 10.2 Å².